The number of carbonyl (C=O) groups is 1. The molecule has 1 saturated carbocycles. The minimum Gasteiger partial charge on any atom is -0.354 e. The first kappa shape index (κ1) is 17.2. The normalized spacial score (nSPS) is 14.9. The van der Waals surface area contributed by atoms with Gasteiger partial charge in [-0.15, -0.1) is 0 Å². The maximum atomic E-state index is 13.1. The van der Waals surface area contributed by atoms with Crippen molar-refractivity contribution in [3.8, 4) is 0 Å². The Morgan fingerprint density at radius 1 is 1.19 bits per heavy atom. The first-order valence-corrected chi connectivity index (χ1v) is 8.73. The topological polar surface area (TPSA) is 77.2 Å². The number of fused-ring (bicyclic) bond motifs is 1. The van der Waals surface area contributed by atoms with Crippen molar-refractivity contribution in [2.75, 3.05) is 6.54 Å². The number of nitrogens with zero attached hydrogens (tertiary/aromatic N) is 2. The predicted molar refractivity (Wildman–Crippen MR) is 98.9 cm³/mol. The fraction of sp³-hybridized carbons (Fsp3) is 0.250. The summed E-state index contributed by atoms with van der Waals surface area (Å²) < 4.78 is 14.9. The molecule has 1 aliphatic carbocycles. The second-order valence-electron chi connectivity index (χ2n) is 7.01. The lowest BCUT2D eigenvalue weighted by Gasteiger charge is -2.17. The minimum absolute atomic E-state index is 0.0275. The fourth-order valence-corrected chi connectivity index (χ4v) is 3.44. The van der Waals surface area contributed by atoms with Crippen LogP contribution in [0, 0.1) is 15.9 Å². The predicted octanol–water partition coefficient (Wildman–Crippen LogP) is 3.54. The van der Waals surface area contributed by atoms with E-state index < -0.39 is 4.92 Å². The molecule has 1 amide bonds. The van der Waals surface area contributed by atoms with E-state index in [0.717, 1.165) is 29.3 Å². The Balaban J connectivity index is 1.42. The maximum absolute atomic E-state index is 13.1. The van der Waals surface area contributed by atoms with E-state index in [4.69, 9.17) is 0 Å². The third-order valence-corrected chi connectivity index (χ3v) is 5.21. The van der Waals surface area contributed by atoms with Gasteiger partial charge in [0.15, 0.2) is 0 Å². The second-order valence-corrected chi connectivity index (χ2v) is 7.01. The molecule has 1 heterocycles. The van der Waals surface area contributed by atoms with Crippen molar-refractivity contribution < 1.29 is 14.1 Å². The summed E-state index contributed by atoms with van der Waals surface area (Å²) in [5.41, 5.74) is 1.75. The van der Waals surface area contributed by atoms with Crippen LogP contribution in [-0.2, 0) is 16.8 Å². The lowest BCUT2D eigenvalue weighted by Crippen LogP contribution is -2.34. The number of rotatable bonds is 6. The summed E-state index contributed by atoms with van der Waals surface area (Å²) in [5.74, 6) is -0.391. The van der Waals surface area contributed by atoms with Gasteiger partial charge in [-0.1, -0.05) is 12.1 Å². The Bertz CT molecular complexity index is 1020. The van der Waals surface area contributed by atoms with Crippen LogP contribution in [-0.4, -0.2) is 21.9 Å². The van der Waals surface area contributed by atoms with E-state index in [-0.39, 0.29) is 29.4 Å². The number of non-ortho nitro benzene ring substituents is 1. The Morgan fingerprint density at radius 3 is 2.59 bits per heavy atom. The van der Waals surface area contributed by atoms with Crippen molar-refractivity contribution >= 4 is 22.5 Å². The van der Waals surface area contributed by atoms with E-state index in [1.807, 2.05) is 0 Å². The minimum atomic E-state index is -0.436. The van der Waals surface area contributed by atoms with Gasteiger partial charge >= 0.3 is 0 Å². The highest BCUT2D eigenvalue weighted by atomic mass is 19.1. The Kier molecular flexibility index (Phi) is 4.14. The van der Waals surface area contributed by atoms with E-state index in [2.05, 4.69) is 5.32 Å². The van der Waals surface area contributed by atoms with E-state index >= 15 is 0 Å². The number of nitro groups is 1. The molecule has 0 saturated heterocycles. The standard InChI is InChI=1S/C20H18FN3O3/c21-16-3-1-15(2-4-16)20(8-9-20)13-22-19(25)12-23-10-7-14-11-17(24(26)27)5-6-18(14)23/h1-7,10-11H,8-9,12-13H2,(H,22,25). The summed E-state index contributed by atoms with van der Waals surface area (Å²) in [7, 11) is 0. The van der Waals surface area contributed by atoms with E-state index in [0.29, 0.717) is 6.54 Å². The zero-order chi connectivity index (χ0) is 19.0. The van der Waals surface area contributed by atoms with Gasteiger partial charge in [0, 0.05) is 41.2 Å². The second kappa shape index (κ2) is 6.50. The molecular formula is C20H18FN3O3. The molecule has 0 bridgehead atoms. The van der Waals surface area contributed by atoms with E-state index in [9.17, 15) is 19.3 Å². The average molecular weight is 367 g/mol. The number of hydrogen-bond donors (Lipinski definition) is 1. The fourth-order valence-electron chi connectivity index (χ4n) is 3.44. The third kappa shape index (κ3) is 3.40. The smallest absolute Gasteiger partial charge is 0.270 e. The zero-order valence-corrected chi connectivity index (χ0v) is 14.5. The maximum Gasteiger partial charge on any atom is 0.270 e. The first-order valence-electron chi connectivity index (χ1n) is 8.73. The van der Waals surface area contributed by atoms with Gasteiger partial charge in [0.2, 0.25) is 5.91 Å². The van der Waals surface area contributed by atoms with Crippen molar-refractivity contribution in [3.05, 3.63) is 76.2 Å². The number of nitro benzene ring substituents is 1. The molecule has 3 aromatic rings. The molecule has 2 aromatic carbocycles. The molecular weight excluding hydrogens is 349 g/mol. The largest absolute Gasteiger partial charge is 0.354 e. The van der Waals surface area contributed by atoms with Crippen LogP contribution < -0.4 is 5.32 Å². The number of carbonyl (C=O) groups excluding carboxylic acids is 1. The zero-order valence-electron chi connectivity index (χ0n) is 14.5. The Labute approximate surface area is 154 Å². The molecule has 1 aromatic heterocycles. The van der Waals surface area contributed by atoms with Crippen LogP contribution in [0.4, 0.5) is 10.1 Å². The summed E-state index contributed by atoms with van der Waals surface area (Å²) in [5, 5.41) is 14.6. The van der Waals surface area contributed by atoms with Crippen molar-refractivity contribution in [2.45, 2.75) is 24.8 Å². The molecule has 1 fully saturated rings. The van der Waals surface area contributed by atoms with Crippen LogP contribution >= 0.6 is 0 Å². The summed E-state index contributed by atoms with van der Waals surface area (Å²) in [6, 6.07) is 12.8. The Hall–Kier alpha value is -3.22. The molecule has 1 aliphatic rings. The van der Waals surface area contributed by atoms with Crippen LogP contribution in [0.3, 0.4) is 0 Å². The summed E-state index contributed by atoms with van der Waals surface area (Å²) in [6.07, 6.45) is 3.69. The molecule has 1 N–H and O–H groups in total. The van der Waals surface area contributed by atoms with Crippen molar-refractivity contribution in [2.24, 2.45) is 0 Å². The van der Waals surface area contributed by atoms with Crippen LogP contribution in [0.1, 0.15) is 18.4 Å². The van der Waals surface area contributed by atoms with Crippen molar-refractivity contribution in [3.63, 3.8) is 0 Å². The van der Waals surface area contributed by atoms with Gasteiger partial charge in [-0.25, -0.2) is 4.39 Å². The van der Waals surface area contributed by atoms with Gasteiger partial charge in [-0.2, -0.15) is 0 Å². The summed E-state index contributed by atoms with van der Waals surface area (Å²) in [6.45, 7) is 0.656. The highest BCUT2D eigenvalue weighted by molar-refractivity contribution is 5.85. The van der Waals surface area contributed by atoms with Crippen LogP contribution in [0.5, 0.6) is 0 Å². The number of benzene rings is 2. The highest BCUT2D eigenvalue weighted by Gasteiger charge is 2.44. The lowest BCUT2D eigenvalue weighted by atomic mass is 9.96. The van der Waals surface area contributed by atoms with Crippen molar-refractivity contribution in [1.82, 2.24) is 9.88 Å². The molecule has 0 unspecified atom stereocenters. The molecule has 0 aliphatic heterocycles. The SMILES string of the molecule is O=C(Cn1ccc2cc([N+](=O)[O-])ccc21)NCC1(c2ccc(F)cc2)CC1. The van der Waals surface area contributed by atoms with Crippen LogP contribution in [0.15, 0.2) is 54.7 Å². The molecule has 0 atom stereocenters. The highest BCUT2D eigenvalue weighted by Crippen LogP contribution is 2.47. The van der Waals surface area contributed by atoms with Crippen LogP contribution in [0.25, 0.3) is 10.9 Å². The first-order chi connectivity index (χ1) is 13.0. The summed E-state index contributed by atoms with van der Waals surface area (Å²) >= 11 is 0. The number of aromatic nitrogens is 1. The van der Waals surface area contributed by atoms with Gasteiger partial charge in [0.25, 0.3) is 5.69 Å². The average Bonchev–Trinajstić information content (AvgIpc) is 3.35. The van der Waals surface area contributed by atoms with Gasteiger partial charge in [-0.05, 0) is 42.7 Å². The molecule has 0 radical (unpaired) electrons. The van der Waals surface area contributed by atoms with Gasteiger partial charge in [0.1, 0.15) is 12.4 Å². The lowest BCUT2D eigenvalue weighted by molar-refractivity contribution is -0.384. The number of halogens is 1. The molecule has 6 nitrogen and oxygen atoms in total. The van der Waals surface area contributed by atoms with E-state index in [1.54, 1.807) is 35.0 Å². The summed E-state index contributed by atoms with van der Waals surface area (Å²) in [4.78, 5) is 22.8. The number of hydrogen-bond acceptors (Lipinski definition) is 3. The molecule has 27 heavy (non-hydrogen) atoms. The van der Waals surface area contributed by atoms with E-state index in [1.165, 1.54) is 24.3 Å². The van der Waals surface area contributed by atoms with Gasteiger partial charge in [0.05, 0.1) is 4.92 Å². The molecule has 4 rings (SSSR count). The molecule has 138 valence electrons. The monoisotopic (exact) mass is 367 g/mol. The molecule has 7 heteroatoms. The number of amides is 1. The van der Waals surface area contributed by atoms with Crippen LogP contribution in [0.2, 0.25) is 0 Å². The number of nitrogens with one attached hydrogen (secondary N) is 1. The Morgan fingerprint density at radius 2 is 1.93 bits per heavy atom. The van der Waals surface area contributed by atoms with Gasteiger partial charge < -0.3 is 9.88 Å². The van der Waals surface area contributed by atoms with Crippen molar-refractivity contribution in [1.29, 1.82) is 0 Å². The molecule has 0 spiro atoms. The van der Waals surface area contributed by atoms with Gasteiger partial charge in [-0.3, -0.25) is 14.9 Å². The third-order valence-electron chi connectivity index (χ3n) is 5.21. The quantitative estimate of drug-likeness (QED) is 0.535.